The number of halogens is 1. The Morgan fingerprint density at radius 1 is 0.964 bits per heavy atom. The lowest BCUT2D eigenvalue weighted by Crippen LogP contribution is -2.37. The van der Waals surface area contributed by atoms with Gasteiger partial charge in [0.05, 0.1) is 18.9 Å². The Bertz CT molecular complexity index is 896. The fraction of sp³-hybridized carbons (Fsp3) is 0.273. The molecule has 5 nitrogen and oxygen atoms in total. The van der Waals surface area contributed by atoms with Crippen LogP contribution in [0.4, 0.5) is 11.8 Å². The summed E-state index contributed by atoms with van der Waals surface area (Å²) in [7, 11) is 0. The first-order valence-corrected chi connectivity index (χ1v) is 9.91. The molecule has 3 aromatic rings. The molecule has 2 aromatic carbocycles. The number of hydrogen-bond donors (Lipinski definition) is 1. The van der Waals surface area contributed by atoms with Crippen LogP contribution in [0.25, 0.3) is 11.3 Å². The number of ether oxygens (including phenoxy) is 1. The summed E-state index contributed by atoms with van der Waals surface area (Å²) in [4.78, 5) is 11.7. The molecule has 144 valence electrons. The maximum absolute atomic E-state index is 5.96. The summed E-state index contributed by atoms with van der Waals surface area (Å²) in [6.45, 7) is 3.89. The lowest BCUT2D eigenvalue weighted by atomic mass is 10.1. The lowest BCUT2D eigenvalue weighted by molar-refractivity contribution is 0.122. The molecule has 6 heteroatoms. The monoisotopic (exact) mass is 394 g/mol. The van der Waals surface area contributed by atoms with Crippen molar-refractivity contribution in [3.63, 3.8) is 0 Å². The average molecular weight is 395 g/mol. The van der Waals surface area contributed by atoms with Crippen LogP contribution in [0.3, 0.4) is 0 Å². The van der Waals surface area contributed by atoms with Gasteiger partial charge in [-0.3, -0.25) is 0 Å². The molecule has 1 saturated heterocycles. The second-order valence-electron chi connectivity index (χ2n) is 6.70. The van der Waals surface area contributed by atoms with Crippen LogP contribution in [0, 0.1) is 0 Å². The normalized spacial score (nSPS) is 14.1. The summed E-state index contributed by atoms with van der Waals surface area (Å²) in [5, 5.41) is 4.14. The van der Waals surface area contributed by atoms with Crippen LogP contribution < -0.4 is 10.2 Å². The summed E-state index contributed by atoms with van der Waals surface area (Å²) < 4.78 is 5.48. The molecule has 0 radical (unpaired) electrons. The Labute approximate surface area is 170 Å². The van der Waals surface area contributed by atoms with Crippen molar-refractivity contribution in [2.45, 2.75) is 6.42 Å². The Kier molecular flexibility index (Phi) is 6.04. The zero-order chi connectivity index (χ0) is 19.2. The van der Waals surface area contributed by atoms with Gasteiger partial charge in [-0.15, -0.1) is 0 Å². The van der Waals surface area contributed by atoms with Gasteiger partial charge in [-0.25, -0.2) is 4.98 Å². The van der Waals surface area contributed by atoms with Gasteiger partial charge in [0.25, 0.3) is 0 Å². The second-order valence-corrected chi connectivity index (χ2v) is 7.14. The summed E-state index contributed by atoms with van der Waals surface area (Å²) in [6.07, 6.45) is 0.878. The molecule has 4 rings (SSSR count). The van der Waals surface area contributed by atoms with E-state index in [4.69, 9.17) is 26.3 Å². The first-order valence-electron chi connectivity index (χ1n) is 9.53. The highest BCUT2D eigenvalue weighted by atomic mass is 35.5. The Hall–Kier alpha value is -2.63. The summed E-state index contributed by atoms with van der Waals surface area (Å²) in [6, 6.07) is 20.2. The van der Waals surface area contributed by atoms with Crippen LogP contribution in [-0.2, 0) is 11.2 Å². The first kappa shape index (κ1) is 18.7. The summed E-state index contributed by atoms with van der Waals surface area (Å²) in [5.41, 5.74) is 3.23. The van der Waals surface area contributed by atoms with E-state index < -0.39 is 0 Å². The third kappa shape index (κ3) is 4.80. The number of morpholine rings is 1. The molecule has 0 atom stereocenters. The first-order chi connectivity index (χ1) is 13.8. The molecule has 1 aliphatic rings. The van der Waals surface area contributed by atoms with Crippen molar-refractivity contribution in [3.05, 3.63) is 71.2 Å². The van der Waals surface area contributed by atoms with Crippen molar-refractivity contribution < 1.29 is 4.74 Å². The Morgan fingerprint density at radius 2 is 1.71 bits per heavy atom. The van der Waals surface area contributed by atoms with E-state index in [-0.39, 0.29) is 0 Å². The van der Waals surface area contributed by atoms with Gasteiger partial charge in [0.15, 0.2) is 0 Å². The molecule has 1 N–H and O–H groups in total. The molecule has 1 fully saturated rings. The van der Waals surface area contributed by atoms with E-state index in [0.717, 1.165) is 61.4 Å². The minimum atomic E-state index is 0.650. The van der Waals surface area contributed by atoms with E-state index in [9.17, 15) is 0 Å². The molecule has 1 aliphatic heterocycles. The highest BCUT2D eigenvalue weighted by Crippen LogP contribution is 2.24. The van der Waals surface area contributed by atoms with E-state index in [2.05, 4.69) is 28.4 Å². The van der Waals surface area contributed by atoms with Crippen molar-refractivity contribution in [1.29, 1.82) is 0 Å². The van der Waals surface area contributed by atoms with Gasteiger partial charge in [0.2, 0.25) is 5.95 Å². The van der Waals surface area contributed by atoms with Crippen molar-refractivity contribution >= 4 is 23.4 Å². The van der Waals surface area contributed by atoms with Crippen LogP contribution in [0.1, 0.15) is 5.56 Å². The van der Waals surface area contributed by atoms with Crippen molar-refractivity contribution in [3.8, 4) is 11.3 Å². The molecule has 0 bridgehead atoms. The van der Waals surface area contributed by atoms with Gasteiger partial charge in [-0.2, -0.15) is 4.98 Å². The SMILES string of the molecule is Clc1ccc(CCNc2nc(-c3ccccc3)cc(N3CCOCC3)n2)cc1. The zero-order valence-electron chi connectivity index (χ0n) is 15.6. The van der Waals surface area contributed by atoms with Crippen LogP contribution >= 0.6 is 11.6 Å². The smallest absolute Gasteiger partial charge is 0.225 e. The standard InChI is InChI=1S/C22H23ClN4O/c23-19-8-6-17(7-9-19)10-11-24-22-25-20(18-4-2-1-3-5-18)16-21(26-22)27-12-14-28-15-13-27/h1-9,16H,10-15H2,(H,24,25,26). The summed E-state index contributed by atoms with van der Waals surface area (Å²) in [5.74, 6) is 1.59. The van der Waals surface area contributed by atoms with E-state index in [1.165, 1.54) is 5.56 Å². The highest BCUT2D eigenvalue weighted by molar-refractivity contribution is 6.30. The van der Waals surface area contributed by atoms with E-state index >= 15 is 0 Å². The van der Waals surface area contributed by atoms with Gasteiger partial charge < -0.3 is 15.0 Å². The number of rotatable bonds is 6. The molecule has 0 amide bonds. The van der Waals surface area contributed by atoms with Crippen molar-refractivity contribution in [2.24, 2.45) is 0 Å². The van der Waals surface area contributed by atoms with Gasteiger partial charge >= 0.3 is 0 Å². The number of anilines is 2. The molecule has 28 heavy (non-hydrogen) atoms. The van der Waals surface area contributed by atoms with Crippen LogP contribution in [0.5, 0.6) is 0 Å². The number of benzene rings is 2. The fourth-order valence-corrected chi connectivity index (χ4v) is 3.32. The largest absolute Gasteiger partial charge is 0.378 e. The molecular weight excluding hydrogens is 372 g/mol. The van der Waals surface area contributed by atoms with E-state index in [0.29, 0.717) is 5.95 Å². The maximum atomic E-state index is 5.96. The number of aromatic nitrogens is 2. The minimum absolute atomic E-state index is 0.650. The molecular formula is C22H23ClN4O. The van der Waals surface area contributed by atoms with Gasteiger partial charge in [0, 0.05) is 36.3 Å². The van der Waals surface area contributed by atoms with Crippen molar-refractivity contribution in [1.82, 2.24) is 9.97 Å². The number of hydrogen-bond acceptors (Lipinski definition) is 5. The fourth-order valence-electron chi connectivity index (χ4n) is 3.19. The molecule has 0 spiro atoms. The molecule has 0 aliphatic carbocycles. The van der Waals surface area contributed by atoms with Gasteiger partial charge in [-0.1, -0.05) is 54.1 Å². The summed E-state index contributed by atoms with van der Waals surface area (Å²) >= 11 is 5.96. The quantitative estimate of drug-likeness (QED) is 0.676. The van der Waals surface area contributed by atoms with Crippen LogP contribution in [-0.4, -0.2) is 42.8 Å². The van der Waals surface area contributed by atoms with Crippen LogP contribution in [0.2, 0.25) is 5.02 Å². The number of nitrogens with zero attached hydrogens (tertiary/aromatic N) is 3. The van der Waals surface area contributed by atoms with E-state index in [1.807, 2.05) is 42.5 Å². The Morgan fingerprint density at radius 3 is 2.46 bits per heavy atom. The van der Waals surface area contributed by atoms with E-state index in [1.54, 1.807) is 0 Å². The molecule has 0 unspecified atom stereocenters. The predicted octanol–water partition coefficient (Wildman–Crippen LogP) is 4.29. The lowest BCUT2D eigenvalue weighted by Gasteiger charge is -2.28. The third-order valence-corrected chi connectivity index (χ3v) is 4.98. The predicted molar refractivity (Wildman–Crippen MR) is 114 cm³/mol. The average Bonchev–Trinajstić information content (AvgIpc) is 2.76. The molecule has 2 heterocycles. The zero-order valence-corrected chi connectivity index (χ0v) is 16.4. The van der Waals surface area contributed by atoms with Crippen molar-refractivity contribution in [2.75, 3.05) is 43.1 Å². The van der Waals surface area contributed by atoms with Gasteiger partial charge in [-0.05, 0) is 24.1 Å². The van der Waals surface area contributed by atoms with Crippen LogP contribution in [0.15, 0.2) is 60.7 Å². The van der Waals surface area contributed by atoms with Gasteiger partial charge in [0.1, 0.15) is 5.82 Å². The topological polar surface area (TPSA) is 50.3 Å². The maximum Gasteiger partial charge on any atom is 0.225 e. The minimum Gasteiger partial charge on any atom is -0.378 e. The third-order valence-electron chi connectivity index (χ3n) is 4.73. The molecule has 1 aromatic heterocycles. The Balaban J connectivity index is 1.53. The molecule has 0 saturated carbocycles. The number of nitrogens with one attached hydrogen (secondary N) is 1. The highest BCUT2D eigenvalue weighted by Gasteiger charge is 2.15. The second kappa shape index (κ2) is 9.04.